The van der Waals surface area contributed by atoms with Crippen molar-refractivity contribution < 1.29 is 9.59 Å². The van der Waals surface area contributed by atoms with Crippen molar-refractivity contribution in [3.8, 4) is 0 Å². The van der Waals surface area contributed by atoms with Crippen LogP contribution in [-0.4, -0.2) is 11.6 Å². The Labute approximate surface area is 113 Å². The molecule has 0 N–H and O–H groups in total. The molecule has 0 heterocycles. The van der Waals surface area contributed by atoms with Gasteiger partial charge in [0.15, 0.2) is 5.78 Å². The molecule has 15 heavy (non-hydrogen) atoms. The third-order valence-electron chi connectivity index (χ3n) is 1.70. The van der Waals surface area contributed by atoms with E-state index < -0.39 is 0 Å². The SMILES string of the molecule is CC(=O)CC(=O)c1c(Br)cc(Br)cc1Br. The first-order valence-corrected chi connectivity index (χ1v) is 6.47. The van der Waals surface area contributed by atoms with Crippen LogP contribution in [0.25, 0.3) is 0 Å². The Bertz CT molecular complexity index is 404. The largest absolute Gasteiger partial charge is 0.300 e. The monoisotopic (exact) mass is 396 g/mol. The minimum atomic E-state index is -0.186. The van der Waals surface area contributed by atoms with Gasteiger partial charge in [0.05, 0.1) is 6.42 Å². The van der Waals surface area contributed by atoms with Gasteiger partial charge in [0.25, 0.3) is 0 Å². The molecule has 1 aromatic rings. The van der Waals surface area contributed by atoms with Gasteiger partial charge in [-0.3, -0.25) is 9.59 Å². The third kappa shape index (κ3) is 3.50. The van der Waals surface area contributed by atoms with E-state index in [4.69, 9.17) is 0 Å². The molecule has 0 amide bonds. The van der Waals surface area contributed by atoms with E-state index in [2.05, 4.69) is 47.8 Å². The molecule has 1 rings (SSSR count). The first-order valence-electron chi connectivity index (χ1n) is 4.09. The molecule has 0 radical (unpaired) electrons. The summed E-state index contributed by atoms with van der Waals surface area (Å²) in [7, 11) is 0. The van der Waals surface area contributed by atoms with Crippen molar-refractivity contribution in [1.82, 2.24) is 0 Å². The quantitative estimate of drug-likeness (QED) is 0.566. The maximum absolute atomic E-state index is 11.7. The molecule has 0 aliphatic rings. The Hall–Kier alpha value is -0.000000000000000111. The third-order valence-corrected chi connectivity index (χ3v) is 3.40. The fraction of sp³-hybridized carbons (Fsp3) is 0.200. The zero-order chi connectivity index (χ0) is 11.6. The highest BCUT2D eigenvalue weighted by Crippen LogP contribution is 2.30. The lowest BCUT2D eigenvalue weighted by atomic mass is 10.1. The zero-order valence-corrected chi connectivity index (χ0v) is 12.6. The van der Waals surface area contributed by atoms with Gasteiger partial charge < -0.3 is 0 Å². The van der Waals surface area contributed by atoms with E-state index in [1.807, 2.05) is 0 Å². The molecule has 1 aromatic carbocycles. The van der Waals surface area contributed by atoms with E-state index in [0.717, 1.165) is 4.47 Å². The van der Waals surface area contributed by atoms with E-state index in [9.17, 15) is 9.59 Å². The van der Waals surface area contributed by atoms with Gasteiger partial charge in [0, 0.05) is 19.0 Å². The predicted octanol–water partition coefficient (Wildman–Crippen LogP) is 4.14. The van der Waals surface area contributed by atoms with Gasteiger partial charge in [0.2, 0.25) is 0 Å². The molecule has 0 atom stereocenters. The summed E-state index contributed by atoms with van der Waals surface area (Å²) in [6, 6.07) is 3.55. The first kappa shape index (κ1) is 13.1. The number of benzene rings is 1. The Morgan fingerprint density at radius 3 is 2.00 bits per heavy atom. The summed E-state index contributed by atoms with van der Waals surface area (Å²) in [6.45, 7) is 1.40. The molecule has 0 saturated carbocycles. The summed E-state index contributed by atoms with van der Waals surface area (Å²) in [5.74, 6) is -0.324. The molecule has 0 saturated heterocycles. The number of Topliss-reactive ketones (excluding diaryl/α,β-unsaturated/α-hetero) is 2. The second kappa shape index (κ2) is 5.37. The van der Waals surface area contributed by atoms with Crippen LogP contribution in [0.4, 0.5) is 0 Å². The molecule has 0 aliphatic carbocycles. The molecule has 0 aromatic heterocycles. The lowest BCUT2D eigenvalue weighted by Crippen LogP contribution is -2.06. The summed E-state index contributed by atoms with van der Waals surface area (Å²) >= 11 is 9.90. The predicted molar refractivity (Wildman–Crippen MR) is 69.2 cm³/mol. The molecule has 0 aliphatic heterocycles. The van der Waals surface area contributed by atoms with Crippen LogP contribution in [0.3, 0.4) is 0 Å². The van der Waals surface area contributed by atoms with Gasteiger partial charge in [-0.2, -0.15) is 0 Å². The zero-order valence-electron chi connectivity index (χ0n) is 7.81. The van der Waals surface area contributed by atoms with Crippen LogP contribution in [0.15, 0.2) is 25.6 Å². The van der Waals surface area contributed by atoms with E-state index in [0.29, 0.717) is 14.5 Å². The van der Waals surface area contributed by atoms with Crippen molar-refractivity contribution >= 4 is 59.4 Å². The Kier molecular flexibility index (Phi) is 4.67. The summed E-state index contributed by atoms with van der Waals surface area (Å²) in [4.78, 5) is 22.6. The van der Waals surface area contributed by atoms with Gasteiger partial charge >= 0.3 is 0 Å². The van der Waals surface area contributed by atoms with Crippen LogP contribution >= 0.6 is 47.8 Å². The van der Waals surface area contributed by atoms with Crippen LogP contribution in [-0.2, 0) is 4.79 Å². The average Bonchev–Trinajstić information content (AvgIpc) is 1.99. The standard InChI is InChI=1S/C10H7Br3O2/c1-5(14)2-9(15)10-7(12)3-6(11)4-8(10)13/h3-4H,2H2,1H3. The number of carbonyl (C=O) groups excluding carboxylic acids is 2. The van der Waals surface area contributed by atoms with E-state index in [1.54, 1.807) is 12.1 Å². The molecule has 0 spiro atoms. The summed E-state index contributed by atoms with van der Waals surface area (Å²) in [6.07, 6.45) is -0.0706. The lowest BCUT2D eigenvalue weighted by molar-refractivity contribution is -0.116. The molecule has 0 fully saturated rings. The van der Waals surface area contributed by atoms with Gasteiger partial charge in [-0.15, -0.1) is 0 Å². The number of ketones is 2. The smallest absolute Gasteiger partial charge is 0.172 e. The van der Waals surface area contributed by atoms with Gasteiger partial charge in [-0.25, -0.2) is 0 Å². The average molecular weight is 399 g/mol. The molecular weight excluding hydrogens is 392 g/mol. The van der Waals surface area contributed by atoms with E-state index >= 15 is 0 Å². The summed E-state index contributed by atoms with van der Waals surface area (Å²) < 4.78 is 2.21. The van der Waals surface area contributed by atoms with Crippen molar-refractivity contribution in [1.29, 1.82) is 0 Å². The molecule has 0 unspecified atom stereocenters. The van der Waals surface area contributed by atoms with Crippen molar-refractivity contribution in [3.63, 3.8) is 0 Å². The van der Waals surface area contributed by atoms with E-state index in [1.165, 1.54) is 6.92 Å². The number of hydrogen-bond donors (Lipinski definition) is 0. The van der Waals surface area contributed by atoms with Gasteiger partial charge in [-0.05, 0) is 50.9 Å². The number of rotatable bonds is 3. The van der Waals surface area contributed by atoms with Gasteiger partial charge in [0.1, 0.15) is 5.78 Å². The molecule has 5 heteroatoms. The maximum Gasteiger partial charge on any atom is 0.172 e. The van der Waals surface area contributed by atoms with Gasteiger partial charge in [-0.1, -0.05) is 15.9 Å². The molecule has 2 nitrogen and oxygen atoms in total. The first-order chi connectivity index (χ1) is 6.91. The van der Waals surface area contributed by atoms with Crippen LogP contribution in [0.1, 0.15) is 23.7 Å². The summed E-state index contributed by atoms with van der Waals surface area (Å²) in [5, 5.41) is 0. The fourth-order valence-electron chi connectivity index (χ4n) is 1.12. The van der Waals surface area contributed by atoms with Crippen molar-refractivity contribution in [2.45, 2.75) is 13.3 Å². The lowest BCUT2D eigenvalue weighted by Gasteiger charge is -2.06. The minimum absolute atomic E-state index is 0.0706. The highest BCUT2D eigenvalue weighted by molar-refractivity contribution is 9.11. The Morgan fingerprint density at radius 1 is 1.13 bits per heavy atom. The Morgan fingerprint density at radius 2 is 1.60 bits per heavy atom. The minimum Gasteiger partial charge on any atom is -0.300 e. The molecular formula is C10H7Br3O2. The Balaban J connectivity index is 3.14. The highest BCUT2D eigenvalue weighted by atomic mass is 79.9. The van der Waals surface area contributed by atoms with E-state index in [-0.39, 0.29) is 18.0 Å². The van der Waals surface area contributed by atoms with Crippen molar-refractivity contribution in [2.24, 2.45) is 0 Å². The second-order valence-corrected chi connectivity index (χ2v) is 5.67. The maximum atomic E-state index is 11.7. The second-order valence-electron chi connectivity index (χ2n) is 3.05. The molecule has 0 bridgehead atoms. The fourth-order valence-corrected chi connectivity index (χ4v) is 3.82. The van der Waals surface area contributed by atoms with Crippen LogP contribution in [0.2, 0.25) is 0 Å². The number of hydrogen-bond acceptors (Lipinski definition) is 2. The number of halogens is 3. The normalized spacial score (nSPS) is 10.1. The van der Waals surface area contributed by atoms with Crippen LogP contribution in [0, 0.1) is 0 Å². The van der Waals surface area contributed by atoms with Crippen molar-refractivity contribution in [3.05, 3.63) is 31.1 Å². The summed E-state index contributed by atoms with van der Waals surface area (Å²) in [5.41, 5.74) is 0.508. The highest BCUT2D eigenvalue weighted by Gasteiger charge is 2.16. The van der Waals surface area contributed by atoms with Crippen LogP contribution < -0.4 is 0 Å². The molecule has 80 valence electrons. The van der Waals surface area contributed by atoms with Crippen molar-refractivity contribution in [2.75, 3.05) is 0 Å². The topological polar surface area (TPSA) is 34.1 Å². The number of carbonyl (C=O) groups is 2. The van der Waals surface area contributed by atoms with Crippen LogP contribution in [0.5, 0.6) is 0 Å².